The van der Waals surface area contributed by atoms with Crippen LogP contribution in [0.5, 0.6) is 11.5 Å². The van der Waals surface area contributed by atoms with Crippen molar-refractivity contribution >= 4 is 5.97 Å². The van der Waals surface area contributed by atoms with Gasteiger partial charge in [-0.3, -0.25) is 0 Å². The zero-order chi connectivity index (χ0) is 16.7. The van der Waals surface area contributed by atoms with Gasteiger partial charge in [0.15, 0.2) is 11.6 Å². The van der Waals surface area contributed by atoms with Crippen LogP contribution in [-0.4, -0.2) is 11.1 Å². The molecule has 1 unspecified atom stereocenters. The van der Waals surface area contributed by atoms with Crippen LogP contribution < -0.4 is 4.74 Å². The van der Waals surface area contributed by atoms with Gasteiger partial charge in [0.25, 0.3) is 0 Å². The highest BCUT2D eigenvalue weighted by atomic mass is 19.1. The summed E-state index contributed by atoms with van der Waals surface area (Å²) in [6.07, 6.45) is 5.38. The van der Waals surface area contributed by atoms with E-state index >= 15 is 0 Å². The van der Waals surface area contributed by atoms with Crippen molar-refractivity contribution in [3.8, 4) is 11.5 Å². The quantitative estimate of drug-likeness (QED) is 0.838. The molecule has 2 bridgehead atoms. The number of carboxylic acids is 1. The Morgan fingerprint density at radius 1 is 1.08 bits per heavy atom. The first kappa shape index (κ1) is 15.2. The Balaban J connectivity index is 1.48. The van der Waals surface area contributed by atoms with Crippen LogP contribution in [-0.2, 0) is 0 Å². The summed E-state index contributed by atoms with van der Waals surface area (Å²) in [4.78, 5) is 10.8. The van der Waals surface area contributed by atoms with Crippen molar-refractivity contribution in [3.05, 3.63) is 59.4 Å². The molecule has 3 atom stereocenters. The zero-order valence-electron chi connectivity index (χ0n) is 13.2. The summed E-state index contributed by atoms with van der Waals surface area (Å²) >= 11 is 0. The van der Waals surface area contributed by atoms with Crippen LogP contribution in [0.1, 0.15) is 47.5 Å². The number of aromatic carboxylic acids is 1. The Morgan fingerprint density at radius 2 is 1.88 bits per heavy atom. The van der Waals surface area contributed by atoms with E-state index in [1.807, 2.05) is 12.1 Å². The Kier molecular flexibility index (Phi) is 3.75. The van der Waals surface area contributed by atoms with E-state index in [1.54, 1.807) is 0 Å². The Morgan fingerprint density at radius 3 is 2.46 bits per heavy atom. The first-order valence-electron chi connectivity index (χ1n) is 8.41. The van der Waals surface area contributed by atoms with Crippen molar-refractivity contribution in [2.24, 2.45) is 11.8 Å². The lowest BCUT2D eigenvalue weighted by molar-refractivity contribution is 0.0696. The fraction of sp³-hybridized carbons (Fsp3) is 0.350. The lowest BCUT2D eigenvalue weighted by Gasteiger charge is -2.22. The monoisotopic (exact) mass is 326 g/mol. The summed E-state index contributed by atoms with van der Waals surface area (Å²) in [5.41, 5.74) is 1.25. The lowest BCUT2D eigenvalue weighted by atomic mass is 9.83. The first-order valence-corrected chi connectivity index (χ1v) is 8.41. The highest BCUT2D eigenvalue weighted by Gasteiger charge is 2.39. The highest BCUT2D eigenvalue weighted by molar-refractivity contribution is 5.87. The number of fused-ring (bicyclic) bond motifs is 2. The molecule has 2 aliphatic carbocycles. The second kappa shape index (κ2) is 5.93. The molecule has 3 nitrogen and oxygen atoms in total. The maximum absolute atomic E-state index is 13.9. The minimum absolute atomic E-state index is 0.0349. The Hall–Kier alpha value is -2.36. The van der Waals surface area contributed by atoms with Crippen LogP contribution in [0.2, 0.25) is 0 Å². The van der Waals surface area contributed by atoms with Crippen LogP contribution in [0.25, 0.3) is 0 Å². The average Bonchev–Trinajstić information content (AvgIpc) is 3.20. The number of carbonyl (C=O) groups is 1. The summed E-state index contributed by atoms with van der Waals surface area (Å²) < 4.78 is 19.5. The van der Waals surface area contributed by atoms with Crippen LogP contribution in [0.4, 0.5) is 4.39 Å². The van der Waals surface area contributed by atoms with Gasteiger partial charge in [0, 0.05) is 0 Å². The molecule has 0 spiro atoms. The topological polar surface area (TPSA) is 46.5 Å². The molecule has 0 aromatic heterocycles. The number of halogens is 1. The number of benzene rings is 2. The number of ether oxygens (including phenoxy) is 1. The molecule has 0 saturated heterocycles. The summed E-state index contributed by atoms with van der Waals surface area (Å²) in [6.45, 7) is 0. The molecule has 124 valence electrons. The third kappa shape index (κ3) is 2.77. The summed E-state index contributed by atoms with van der Waals surface area (Å²) in [5.74, 6) is 1.14. The Bertz CT molecular complexity index is 769. The average molecular weight is 326 g/mol. The van der Waals surface area contributed by atoms with E-state index in [0.29, 0.717) is 11.7 Å². The minimum Gasteiger partial charge on any atom is -0.478 e. The van der Waals surface area contributed by atoms with Crippen molar-refractivity contribution in [3.63, 3.8) is 0 Å². The van der Waals surface area contributed by atoms with Gasteiger partial charge in [0.1, 0.15) is 5.75 Å². The second-order valence-electron chi connectivity index (χ2n) is 6.90. The van der Waals surface area contributed by atoms with Crippen molar-refractivity contribution in [1.29, 1.82) is 0 Å². The molecule has 24 heavy (non-hydrogen) atoms. The summed E-state index contributed by atoms with van der Waals surface area (Å²) in [5, 5.41) is 8.86. The standard InChI is InChI=1S/C20H19FO3/c21-18-11-15(20(22)23)5-8-19(18)24-16-6-3-13(4-7-16)17-10-12-1-2-14(17)9-12/h3-8,11-12,14,17H,1-2,9-10H2,(H,22,23)/t12-,14+,17?/m1/s1. The van der Waals surface area contributed by atoms with E-state index in [0.717, 1.165) is 17.9 Å². The highest BCUT2D eigenvalue weighted by Crippen LogP contribution is 2.52. The SMILES string of the molecule is O=C(O)c1ccc(Oc2ccc(C3C[C@@H]4CC[C@H]3C4)cc2)c(F)c1. The summed E-state index contributed by atoms with van der Waals surface area (Å²) in [6, 6.07) is 11.5. The van der Waals surface area contributed by atoms with Crippen molar-refractivity contribution < 1.29 is 19.0 Å². The van der Waals surface area contributed by atoms with Gasteiger partial charge < -0.3 is 9.84 Å². The minimum atomic E-state index is -1.16. The third-order valence-corrected chi connectivity index (χ3v) is 5.45. The van der Waals surface area contributed by atoms with Gasteiger partial charge in [-0.2, -0.15) is 0 Å². The van der Waals surface area contributed by atoms with Crippen molar-refractivity contribution in [2.45, 2.75) is 31.6 Å². The molecular weight excluding hydrogens is 307 g/mol. The normalized spacial score (nSPS) is 25.0. The van der Waals surface area contributed by atoms with Crippen LogP contribution in [0.15, 0.2) is 42.5 Å². The fourth-order valence-corrected chi connectivity index (χ4v) is 4.28. The van der Waals surface area contributed by atoms with Gasteiger partial charge in [-0.05, 0) is 72.9 Å². The molecule has 2 aliphatic rings. The first-order chi connectivity index (χ1) is 11.6. The molecule has 2 saturated carbocycles. The van der Waals surface area contributed by atoms with Crippen LogP contribution >= 0.6 is 0 Å². The molecule has 2 aromatic rings. The van der Waals surface area contributed by atoms with Gasteiger partial charge in [0.05, 0.1) is 5.56 Å². The molecule has 1 N–H and O–H groups in total. The Labute approximate surface area is 140 Å². The van der Waals surface area contributed by atoms with Crippen LogP contribution in [0, 0.1) is 17.7 Å². The molecule has 2 aromatic carbocycles. The zero-order valence-corrected chi connectivity index (χ0v) is 13.2. The number of hydrogen-bond donors (Lipinski definition) is 1. The van der Waals surface area contributed by atoms with Gasteiger partial charge in [0.2, 0.25) is 0 Å². The summed E-state index contributed by atoms with van der Waals surface area (Å²) in [7, 11) is 0. The lowest BCUT2D eigenvalue weighted by Crippen LogP contribution is -2.08. The van der Waals surface area contributed by atoms with Gasteiger partial charge in [-0.15, -0.1) is 0 Å². The molecular formula is C20H19FO3. The maximum Gasteiger partial charge on any atom is 0.335 e. The molecule has 4 rings (SSSR count). The van der Waals surface area contributed by atoms with E-state index in [-0.39, 0.29) is 11.3 Å². The molecule has 0 radical (unpaired) electrons. The molecule has 4 heteroatoms. The molecule has 0 aliphatic heterocycles. The van der Waals surface area contributed by atoms with E-state index in [9.17, 15) is 9.18 Å². The van der Waals surface area contributed by atoms with E-state index < -0.39 is 11.8 Å². The predicted molar refractivity (Wildman–Crippen MR) is 88.1 cm³/mol. The van der Waals surface area contributed by atoms with Crippen molar-refractivity contribution in [2.75, 3.05) is 0 Å². The fourth-order valence-electron chi connectivity index (χ4n) is 4.28. The van der Waals surface area contributed by atoms with E-state index in [4.69, 9.17) is 9.84 Å². The second-order valence-corrected chi connectivity index (χ2v) is 6.90. The third-order valence-electron chi connectivity index (χ3n) is 5.45. The van der Waals surface area contributed by atoms with E-state index in [2.05, 4.69) is 12.1 Å². The number of carboxylic acid groups (broad SMARTS) is 1. The number of rotatable bonds is 4. The van der Waals surface area contributed by atoms with Gasteiger partial charge >= 0.3 is 5.97 Å². The van der Waals surface area contributed by atoms with Crippen molar-refractivity contribution in [1.82, 2.24) is 0 Å². The van der Waals surface area contributed by atoms with Gasteiger partial charge in [-0.1, -0.05) is 18.6 Å². The van der Waals surface area contributed by atoms with E-state index in [1.165, 1.54) is 43.4 Å². The largest absolute Gasteiger partial charge is 0.478 e. The maximum atomic E-state index is 13.9. The smallest absolute Gasteiger partial charge is 0.335 e. The van der Waals surface area contributed by atoms with Crippen LogP contribution in [0.3, 0.4) is 0 Å². The number of hydrogen-bond acceptors (Lipinski definition) is 2. The molecule has 2 fully saturated rings. The molecule has 0 heterocycles. The predicted octanol–water partition coefficient (Wildman–Crippen LogP) is 5.22. The van der Waals surface area contributed by atoms with Gasteiger partial charge in [-0.25, -0.2) is 9.18 Å². The molecule has 0 amide bonds.